The summed E-state index contributed by atoms with van der Waals surface area (Å²) >= 11 is 0. The van der Waals surface area contributed by atoms with Crippen LogP contribution in [0.2, 0.25) is 0 Å². The molecular weight excluding hydrogens is 200 g/mol. The fourth-order valence-electron chi connectivity index (χ4n) is 1.90. The highest BCUT2D eigenvalue weighted by Crippen LogP contribution is 2.19. The molecule has 3 heteroatoms. The summed E-state index contributed by atoms with van der Waals surface area (Å²) < 4.78 is 0. The zero-order valence-corrected chi connectivity index (χ0v) is 10.6. The number of aromatic nitrogens is 1. The van der Waals surface area contributed by atoms with Crippen molar-refractivity contribution in [2.24, 2.45) is 0 Å². The predicted molar refractivity (Wildman–Crippen MR) is 67.6 cm³/mol. The third kappa shape index (κ3) is 2.95. The van der Waals surface area contributed by atoms with Gasteiger partial charge in [-0.05, 0) is 31.9 Å². The number of hydrogen-bond donors (Lipinski definition) is 1. The Labute approximate surface area is 98.1 Å². The molecular formula is C13H22N2O. The monoisotopic (exact) mass is 222 g/mol. The molecule has 1 heterocycles. The Kier molecular flexibility index (Phi) is 4.74. The molecule has 1 unspecified atom stereocenters. The van der Waals surface area contributed by atoms with Crippen LogP contribution in [0.1, 0.15) is 45.4 Å². The molecule has 1 atom stereocenters. The molecule has 0 radical (unpaired) electrons. The zero-order valence-electron chi connectivity index (χ0n) is 10.6. The van der Waals surface area contributed by atoms with Crippen molar-refractivity contribution in [3.05, 3.63) is 24.0 Å². The third-order valence-electron chi connectivity index (χ3n) is 3.10. The third-order valence-corrected chi connectivity index (χ3v) is 3.10. The van der Waals surface area contributed by atoms with Gasteiger partial charge in [0.1, 0.15) is 0 Å². The highest BCUT2D eigenvalue weighted by Gasteiger charge is 2.11. The molecule has 0 spiro atoms. The van der Waals surface area contributed by atoms with Gasteiger partial charge in [0.2, 0.25) is 0 Å². The van der Waals surface area contributed by atoms with E-state index in [1.807, 2.05) is 18.3 Å². The van der Waals surface area contributed by atoms with Crippen LogP contribution in [0.25, 0.3) is 0 Å². The number of aliphatic hydroxyl groups excluding tert-OH is 1. The van der Waals surface area contributed by atoms with Crippen LogP contribution in [0, 0.1) is 0 Å². The van der Waals surface area contributed by atoms with Crippen molar-refractivity contribution in [2.75, 3.05) is 11.9 Å². The van der Waals surface area contributed by atoms with Crippen LogP contribution in [0.4, 0.5) is 5.69 Å². The van der Waals surface area contributed by atoms with Gasteiger partial charge in [0.05, 0.1) is 23.7 Å². The minimum Gasteiger partial charge on any atom is -0.387 e. The molecule has 0 amide bonds. The molecule has 1 rings (SSSR count). The van der Waals surface area contributed by atoms with Gasteiger partial charge in [-0.3, -0.25) is 4.98 Å². The van der Waals surface area contributed by atoms with Gasteiger partial charge in [-0.2, -0.15) is 0 Å². The lowest BCUT2D eigenvalue weighted by atomic mass is 10.1. The molecule has 0 saturated heterocycles. The van der Waals surface area contributed by atoms with E-state index < -0.39 is 6.10 Å². The Morgan fingerprint density at radius 2 is 1.94 bits per heavy atom. The van der Waals surface area contributed by atoms with Crippen molar-refractivity contribution in [3.8, 4) is 0 Å². The fraction of sp³-hybridized carbons (Fsp3) is 0.615. The molecule has 0 aromatic carbocycles. The largest absolute Gasteiger partial charge is 0.387 e. The average Bonchev–Trinajstić information content (AvgIpc) is 2.30. The normalized spacial score (nSPS) is 12.9. The summed E-state index contributed by atoms with van der Waals surface area (Å²) in [4.78, 5) is 6.51. The van der Waals surface area contributed by atoms with Crippen molar-refractivity contribution in [1.82, 2.24) is 4.98 Å². The lowest BCUT2D eigenvalue weighted by molar-refractivity contribution is 0.194. The van der Waals surface area contributed by atoms with E-state index in [0.29, 0.717) is 6.04 Å². The van der Waals surface area contributed by atoms with Gasteiger partial charge in [0.15, 0.2) is 0 Å². The lowest BCUT2D eigenvalue weighted by Crippen LogP contribution is -2.30. The van der Waals surface area contributed by atoms with Crippen molar-refractivity contribution in [2.45, 2.75) is 45.8 Å². The number of rotatable bonds is 5. The second kappa shape index (κ2) is 5.85. The van der Waals surface area contributed by atoms with Crippen molar-refractivity contribution in [1.29, 1.82) is 0 Å². The number of aliphatic hydroxyl groups is 1. The highest BCUT2D eigenvalue weighted by atomic mass is 16.3. The Hall–Kier alpha value is -1.09. The van der Waals surface area contributed by atoms with E-state index in [1.54, 1.807) is 6.92 Å². The Bertz CT molecular complexity index is 304. The van der Waals surface area contributed by atoms with Crippen LogP contribution < -0.4 is 4.90 Å². The van der Waals surface area contributed by atoms with Crippen molar-refractivity contribution < 1.29 is 5.11 Å². The van der Waals surface area contributed by atoms with E-state index in [9.17, 15) is 5.11 Å². The van der Waals surface area contributed by atoms with Gasteiger partial charge in [-0.25, -0.2) is 0 Å². The molecule has 0 bridgehead atoms. The molecule has 1 aromatic heterocycles. The first-order valence-electron chi connectivity index (χ1n) is 5.97. The fourth-order valence-corrected chi connectivity index (χ4v) is 1.90. The van der Waals surface area contributed by atoms with Gasteiger partial charge in [-0.1, -0.05) is 13.8 Å². The molecule has 0 aliphatic rings. The van der Waals surface area contributed by atoms with E-state index in [4.69, 9.17) is 0 Å². The standard InChI is InChI=1S/C13H22N2O/c1-5-11(6-2)15(4)12-7-8-13(10(3)16)14-9-12/h7-11,16H,5-6H2,1-4H3. The van der Waals surface area contributed by atoms with Gasteiger partial charge < -0.3 is 10.0 Å². The molecule has 16 heavy (non-hydrogen) atoms. The summed E-state index contributed by atoms with van der Waals surface area (Å²) in [6.07, 6.45) is 3.60. The van der Waals surface area contributed by atoms with Crippen molar-refractivity contribution in [3.63, 3.8) is 0 Å². The first-order chi connectivity index (χ1) is 7.60. The van der Waals surface area contributed by atoms with Crippen LogP contribution in [-0.4, -0.2) is 23.2 Å². The van der Waals surface area contributed by atoms with Crippen LogP contribution in [0.15, 0.2) is 18.3 Å². The van der Waals surface area contributed by atoms with Gasteiger partial charge in [0.25, 0.3) is 0 Å². The molecule has 1 aromatic rings. The number of hydrogen-bond acceptors (Lipinski definition) is 3. The average molecular weight is 222 g/mol. The predicted octanol–water partition coefficient (Wildman–Crippen LogP) is 2.76. The maximum absolute atomic E-state index is 9.38. The maximum atomic E-state index is 9.38. The maximum Gasteiger partial charge on any atom is 0.0931 e. The molecule has 90 valence electrons. The number of nitrogens with zero attached hydrogens (tertiary/aromatic N) is 2. The second-order valence-electron chi connectivity index (χ2n) is 4.20. The van der Waals surface area contributed by atoms with E-state index in [2.05, 4.69) is 30.8 Å². The summed E-state index contributed by atoms with van der Waals surface area (Å²) in [5, 5.41) is 9.38. The van der Waals surface area contributed by atoms with Crippen molar-refractivity contribution >= 4 is 5.69 Å². The summed E-state index contributed by atoms with van der Waals surface area (Å²) in [5.41, 5.74) is 1.83. The minimum atomic E-state index is -0.493. The smallest absolute Gasteiger partial charge is 0.0931 e. The van der Waals surface area contributed by atoms with Crippen LogP contribution >= 0.6 is 0 Å². The quantitative estimate of drug-likeness (QED) is 0.832. The van der Waals surface area contributed by atoms with Crippen LogP contribution in [0.5, 0.6) is 0 Å². The topological polar surface area (TPSA) is 36.4 Å². The van der Waals surface area contributed by atoms with Gasteiger partial charge in [-0.15, -0.1) is 0 Å². The first kappa shape index (κ1) is 13.0. The van der Waals surface area contributed by atoms with E-state index in [1.165, 1.54) is 0 Å². The van der Waals surface area contributed by atoms with Gasteiger partial charge >= 0.3 is 0 Å². The highest BCUT2D eigenvalue weighted by molar-refractivity contribution is 5.44. The number of pyridine rings is 1. The van der Waals surface area contributed by atoms with E-state index >= 15 is 0 Å². The Morgan fingerprint density at radius 3 is 2.31 bits per heavy atom. The molecule has 3 nitrogen and oxygen atoms in total. The lowest BCUT2D eigenvalue weighted by Gasteiger charge is -2.28. The molecule has 0 aliphatic heterocycles. The van der Waals surface area contributed by atoms with E-state index in [0.717, 1.165) is 24.2 Å². The SMILES string of the molecule is CCC(CC)N(C)c1ccc(C(C)O)nc1. The Morgan fingerprint density at radius 1 is 1.31 bits per heavy atom. The molecule has 1 N–H and O–H groups in total. The molecule has 0 saturated carbocycles. The zero-order chi connectivity index (χ0) is 12.1. The second-order valence-corrected chi connectivity index (χ2v) is 4.20. The van der Waals surface area contributed by atoms with E-state index in [-0.39, 0.29) is 0 Å². The van der Waals surface area contributed by atoms with Gasteiger partial charge in [0, 0.05) is 13.1 Å². The number of anilines is 1. The molecule has 0 fully saturated rings. The summed E-state index contributed by atoms with van der Waals surface area (Å²) in [6.45, 7) is 6.12. The van der Waals surface area contributed by atoms with Crippen LogP contribution in [0.3, 0.4) is 0 Å². The molecule has 0 aliphatic carbocycles. The minimum absolute atomic E-state index is 0.493. The first-order valence-corrected chi connectivity index (χ1v) is 5.97. The summed E-state index contributed by atoms with van der Waals surface area (Å²) in [7, 11) is 2.09. The Balaban J connectivity index is 2.80. The summed E-state index contributed by atoms with van der Waals surface area (Å²) in [6, 6.07) is 4.46. The van der Waals surface area contributed by atoms with Crippen LogP contribution in [-0.2, 0) is 0 Å². The summed E-state index contributed by atoms with van der Waals surface area (Å²) in [5.74, 6) is 0.